The third kappa shape index (κ3) is 2.73. The van der Waals surface area contributed by atoms with E-state index in [-0.39, 0.29) is 11.9 Å². The molecule has 2 unspecified atom stereocenters. The highest BCUT2D eigenvalue weighted by atomic mass is 35.5. The normalized spacial score (nSPS) is 24.9. The van der Waals surface area contributed by atoms with E-state index in [2.05, 4.69) is 12.2 Å². The molecule has 0 saturated carbocycles. The van der Waals surface area contributed by atoms with E-state index in [1.165, 1.54) is 12.1 Å². The number of ether oxygens (including phenoxy) is 1. The van der Waals surface area contributed by atoms with Crippen molar-refractivity contribution in [3.05, 3.63) is 34.6 Å². The van der Waals surface area contributed by atoms with Crippen LogP contribution in [0.4, 0.5) is 4.39 Å². The molecule has 2 rings (SSSR count). The average molecular weight is 244 g/mol. The van der Waals surface area contributed by atoms with Crippen LogP contribution in [-0.4, -0.2) is 18.8 Å². The molecule has 1 aromatic carbocycles. The van der Waals surface area contributed by atoms with Crippen LogP contribution in [0.2, 0.25) is 5.02 Å². The lowest BCUT2D eigenvalue weighted by Crippen LogP contribution is -2.34. The molecule has 0 amide bonds. The molecular formula is C12H15ClFNO. The predicted molar refractivity (Wildman–Crippen MR) is 62.1 cm³/mol. The molecular weight excluding hydrogens is 229 g/mol. The first-order valence-electron chi connectivity index (χ1n) is 5.46. The van der Waals surface area contributed by atoms with E-state index in [9.17, 15) is 4.39 Å². The number of halogens is 2. The summed E-state index contributed by atoms with van der Waals surface area (Å²) in [5.41, 5.74) is 0.919. The van der Waals surface area contributed by atoms with E-state index in [4.69, 9.17) is 16.3 Å². The fourth-order valence-electron chi connectivity index (χ4n) is 1.91. The zero-order valence-corrected chi connectivity index (χ0v) is 9.93. The molecule has 1 heterocycles. The van der Waals surface area contributed by atoms with Gasteiger partial charge in [0.05, 0.1) is 6.10 Å². The van der Waals surface area contributed by atoms with Gasteiger partial charge < -0.3 is 10.1 Å². The van der Waals surface area contributed by atoms with Crippen molar-refractivity contribution in [1.29, 1.82) is 0 Å². The number of nitrogens with one attached hydrogen (secondary N) is 1. The van der Waals surface area contributed by atoms with Gasteiger partial charge in [-0.2, -0.15) is 0 Å². The molecule has 0 spiro atoms. The summed E-state index contributed by atoms with van der Waals surface area (Å²) in [6.07, 6.45) is 1.25. The number of hydrogen-bond donors (Lipinski definition) is 1. The Labute approximate surface area is 99.7 Å². The summed E-state index contributed by atoms with van der Waals surface area (Å²) < 4.78 is 18.3. The third-order valence-electron chi connectivity index (χ3n) is 2.95. The summed E-state index contributed by atoms with van der Waals surface area (Å²) in [6, 6.07) is 4.84. The lowest BCUT2D eigenvalue weighted by Gasteiger charge is -2.16. The Morgan fingerprint density at radius 2 is 2.38 bits per heavy atom. The van der Waals surface area contributed by atoms with Crippen LogP contribution in [0, 0.1) is 5.82 Å². The molecule has 1 aliphatic rings. The molecule has 2 nitrogen and oxygen atoms in total. The van der Waals surface area contributed by atoms with Crippen molar-refractivity contribution >= 4 is 11.6 Å². The van der Waals surface area contributed by atoms with Crippen LogP contribution in [0.1, 0.15) is 18.9 Å². The van der Waals surface area contributed by atoms with Crippen LogP contribution < -0.4 is 5.32 Å². The number of rotatable bonds is 3. The SMILES string of the molecule is CC1OCCC1NCc1ccc(F)cc1Cl. The van der Waals surface area contributed by atoms with Gasteiger partial charge in [-0.3, -0.25) is 0 Å². The van der Waals surface area contributed by atoms with E-state index in [1.54, 1.807) is 6.07 Å². The Kier molecular flexibility index (Phi) is 3.79. The Hall–Kier alpha value is -0.640. The molecule has 1 aromatic rings. The van der Waals surface area contributed by atoms with Gasteiger partial charge in [-0.1, -0.05) is 17.7 Å². The maximum atomic E-state index is 12.8. The second-order valence-electron chi connectivity index (χ2n) is 4.09. The Morgan fingerprint density at radius 3 is 3.00 bits per heavy atom. The minimum atomic E-state index is -0.300. The zero-order valence-electron chi connectivity index (χ0n) is 9.17. The first kappa shape index (κ1) is 11.8. The molecule has 2 atom stereocenters. The van der Waals surface area contributed by atoms with Crippen molar-refractivity contribution in [1.82, 2.24) is 5.32 Å². The van der Waals surface area contributed by atoms with Gasteiger partial charge in [0.25, 0.3) is 0 Å². The van der Waals surface area contributed by atoms with Crippen molar-refractivity contribution in [3.8, 4) is 0 Å². The maximum Gasteiger partial charge on any atom is 0.124 e. The Balaban J connectivity index is 1.94. The van der Waals surface area contributed by atoms with Crippen molar-refractivity contribution in [2.75, 3.05) is 6.61 Å². The average Bonchev–Trinajstić information content (AvgIpc) is 2.63. The quantitative estimate of drug-likeness (QED) is 0.882. The summed E-state index contributed by atoms with van der Waals surface area (Å²) in [6.45, 7) is 3.50. The summed E-state index contributed by atoms with van der Waals surface area (Å²) in [4.78, 5) is 0. The van der Waals surface area contributed by atoms with Crippen molar-refractivity contribution in [2.24, 2.45) is 0 Å². The molecule has 0 bridgehead atoms. The van der Waals surface area contributed by atoms with E-state index in [0.717, 1.165) is 18.6 Å². The smallest absolute Gasteiger partial charge is 0.124 e. The summed E-state index contributed by atoms with van der Waals surface area (Å²) in [7, 11) is 0. The van der Waals surface area contributed by atoms with Crippen molar-refractivity contribution in [3.63, 3.8) is 0 Å². The topological polar surface area (TPSA) is 21.3 Å². The Bertz CT molecular complexity index is 372. The van der Waals surface area contributed by atoms with Crippen LogP contribution in [0.5, 0.6) is 0 Å². The van der Waals surface area contributed by atoms with Gasteiger partial charge in [0, 0.05) is 24.2 Å². The Morgan fingerprint density at radius 1 is 1.56 bits per heavy atom. The van der Waals surface area contributed by atoms with Crippen LogP contribution in [-0.2, 0) is 11.3 Å². The van der Waals surface area contributed by atoms with Gasteiger partial charge in [-0.05, 0) is 31.0 Å². The number of benzene rings is 1. The molecule has 1 N–H and O–H groups in total. The van der Waals surface area contributed by atoms with Crippen molar-refractivity contribution < 1.29 is 9.13 Å². The molecule has 1 aliphatic heterocycles. The molecule has 1 fully saturated rings. The highest BCUT2D eigenvalue weighted by molar-refractivity contribution is 6.31. The highest BCUT2D eigenvalue weighted by Crippen LogP contribution is 2.18. The molecule has 88 valence electrons. The zero-order chi connectivity index (χ0) is 11.5. The highest BCUT2D eigenvalue weighted by Gasteiger charge is 2.23. The lowest BCUT2D eigenvalue weighted by atomic mass is 10.1. The predicted octanol–water partition coefficient (Wildman–Crippen LogP) is 2.75. The van der Waals surface area contributed by atoms with E-state index >= 15 is 0 Å². The van der Waals surface area contributed by atoms with E-state index in [1.807, 2.05) is 0 Å². The standard InChI is InChI=1S/C12H15ClFNO/c1-8-12(4-5-16-8)15-7-9-2-3-10(14)6-11(9)13/h2-3,6,8,12,15H,4-5,7H2,1H3. The first-order valence-corrected chi connectivity index (χ1v) is 5.83. The molecule has 4 heteroatoms. The van der Waals surface area contributed by atoms with Gasteiger partial charge in [0.1, 0.15) is 5.82 Å². The van der Waals surface area contributed by atoms with E-state index in [0.29, 0.717) is 17.6 Å². The van der Waals surface area contributed by atoms with Gasteiger partial charge >= 0.3 is 0 Å². The number of hydrogen-bond acceptors (Lipinski definition) is 2. The lowest BCUT2D eigenvalue weighted by molar-refractivity contribution is 0.113. The molecule has 16 heavy (non-hydrogen) atoms. The molecule has 0 aliphatic carbocycles. The van der Waals surface area contributed by atoms with Crippen LogP contribution in [0.3, 0.4) is 0 Å². The minimum absolute atomic E-state index is 0.235. The van der Waals surface area contributed by atoms with Crippen LogP contribution in [0.15, 0.2) is 18.2 Å². The summed E-state index contributed by atoms with van der Waals surface area (Å²) >= 11 is 5.94. The van der Waals surface area contributed by atoms with Gasteiger partial charge in [-0.25, -0.2) is 4.39 Å². The second kappa shape index (κ2) is 5.13. The first-order chi connectivity index (χ1) is 7.66. The second-order valence-corrected chi connectivity index (χ2v) is 4.49. The third-order valence-corrected chi connectivity index (χ3v) is 3.30. The fourth-order valence-corrected chi connectivity index (χ4v) is 2.14. The van der Waals surface area contributed by atoms with Gasteiger partial charge in [0.15, 0.2) is 0 Å². The molecule has 1 saturated heterocycles. The van der Waals surface area contributed by atoms with E-state index < -0.39 is 0 Å². The van der Waals surface area contributed by atoms with Crippen LogP contribution >= 0.6 is 11.6 Å². The summed E-state index contributed by atoms with van der Waals surface area (Å²) in [5, 5.41) is 3.85. The van der Waals surface area contributed by atoms with Crippen molar-refractivity contribution in [2.45, 2.75) is 32.0 Å². The largest absolute Gasteiger partial charge is 0.377 e. The van der Waals surface area contributed by atoms with Crippen LogP contribution in [0.25, 0.3) is 0 Å². The van der Waals surface area contributed by atoms with Gasteiger partial charge in [-0.15, -0.1) is 0 Å². The summed E-state index contributed by atoms with van der Waals surface area (Å²) in [5.74, 6) is -0.300. The minimum Gasteiger partial charge on any atom is -0.377 e. The molecule has 0 radical (unpaired) electrons. The van der Waals surface area contributed by atoms with Gasteiger partial charge in [0.2, 0.25) is 0 Å². The monoisotopic (exact) mass is 243 g/mol. The fraction of sp³-hybridized carbons (Fsp3) is 0.500. The molecule has 0 aromatic heterocycles. The maximum absolute atomic E-state index is 12.8.